The molecule has 0 aliphatic carbocycles. The zero-order chi connectivity index (χ0) is 81.4. The minimum Gasteiger partial charge on any atom is -0.399 e. The Morgan fingerprint density at radius 2 is 0.561 bits per heavy atom. The number of nitrogens with two attached hydrogens (primary N) is 1. The second-order valence-corrected chi connectivity index (χ2v) is 24.4. The summed E-state index contributed by atoms with van der Waals surface area (Å²) in [5.74, 6) is 4.66. The van der Waals surface area contributed by atoms with E-state index in [-0.39, 0.29) is 211 Å². The average Bonchev–Trinajstić information content (AvgIpc) is 1.56. The van der Waals surface area contributed by atoms with Crippen LogP contribution in [0.15, 0.2) is 257 Å². The van der Waals surface area contributed by atoms with Crippen LogP contribution in [-0.2, 0) is 211 Å². The molecule has 0 saturated carbocycles. The molecular weight excluding hydrogens is 3240 g/mol. The van der Waals surface area contributed by atoms with Crippen molar-refractivity contribution in [1.29, 1.82) is 31.6 Å². The number of nitrogens with zero attached hydrogens (tertiary/aromatic N) is 14. The van der Waals surface area contributed by atoms with E-state index in [9.17, 15) is 0 Å². The zero-order valence-electron chi connectivity index (χ0n) is 67.8. The smallest absolute Gasteiger partial charge is 0.229 e. The number of hydrogen-bond acceptors (Lipinski definition) is 23. The number of allylic oxidation sites excluding steroid dienone is 5. The van der Waals surface area contributed by atoms with Crippen LogP contribution in [0.1, 0.15) is 77.9 Å². The predicted octanol–water partition coefficient (Wildman–Crippen LogP) is 20.5. The van der Waals surface area contributed by atoms with Crippen LogP contribution < -0.4 is 48.3 Å². The summed E-state index contributed by atoms with van der Waals surface area (Å²) in [6.07, 6.45) is 18.2. The molecule has 0 saturated heterocycles. The fraction of sp³-hybridized carbons (Fsp3) is 0.0889. The Balaban J connectivity index is -0.000000727. The van der Waals surface area contributed by atoms with E-state index >= 15 is 0 Å². The van der Waals surface area contributed by atoms with Gasteiger partial charge in [0.15, 0.2) is 0 Å². The number of nitrogens with one attached hydrogen (secondary N) is 8. The monoisotopic (exact) mass is 3320 g/mol. The Morgan fingerprint density at radius 3 is 0.764 bits per heavy atom. The largest absolute Gasteiger partial charge is 0.399 e. The average molecular weight is 3320 g/mol. The van der Waals surface area contributed by atoms with E-state index in [4.69, 9.17) is 37.3 Å². The van der Waals surface area contributed by atoms with Crippen molar-refractivity contribution >= 4 is 105 Å². The molecule has 0 aliphatic rings. The molecule has 0 unspecified atom stereocenters. The topological polar surface area (TPSA) is 368 Å². The first-order valence-electron chi connectivity index (χ1n) is 34.8. The molecule has 0 atom stereocenters. The number of aryl methyl sites for hydroxylation is 8. The van der Waals surface area contributed by atoms with Crippen molar-refractivity contribution in [3.8, 4) is 36.4 Å². The van der Waals surface area contributed by atoms with Gasteiger partial charge in [0.05, 0.1) is 58.7 Å². The van der Waals surface area contributed by atoms with Gasteiger partial charge in [-0.1, -0.05) is 83.6 Å². The van der Waals surface area contributed by atoms with Crippen LogP contribution in [0.5, 0.6) is 0 Å². The van der Waals surface area contributed by atoms with Gasteiger partial charge in [-0.3, -0.25) is 0 Å². The van der Waals surface area contributed by atoms with Gasteiger partial charge in [0.1, 0.15) is 23.3 Å². The van der Waals surface area contributed by atoms with E-state index in [0.717, 1.165) is 101 Å². The van der Waals surface area contributed by atoms with Gasteiger partial charge in [0, 0.05) is 287 Å². The molecule has 0 fully saturated rings. The number of hydrogen-bond donors (Lipinski definition) is 9. The fourth-order valence-corrected chi connectivity index (χ4v) is 10.3. The third kappa shape index (κ3) is 41.7. The molecule has 0 aliphatic heterocycles. The van der Waals surface area contributed by atoms with Crippen LogP contribution in [0.2, 0.25) is 0 Å². The maximum atomic E-state index is 8.89. The van der Waals surface area contributed by atoms with Crippen LogP contribution in [0, 0.1) is 136 Å². The van der Waals surface area contributed by atoms with Crippen LogP contribution in [-0.4, -0.2) is 39.9 Å². The van der Waals surface area contributed by atoms with Gasteiger partial charge in [-0.05, 0) is 219 Å². The third-order valence-corrected chi connectivity index (χ3v) is 15.7. The van der Waals surface area contributed by atoms with Crippen molar-refractivity contribution in [3.05, 3.63) is 347 Å². The summed E-state index contributed by atoms with van der Waals surface area (Å²) in [6, 6.07) is 69.9. The molecule has 4 heterocycles. The van der Waals surface area contributed by atoms with Crippen molar-refractivity contribution in [2.24, 2.45) is 5.73 Å². The van der Waals surface area contributed by atoms with Gasteiger partial charge in [0.25, 0.3) is 0 Å². The quantitative estimate of drug-likeness (QED) is 0.0194. The van der Waals surface area contributed by atoms with Gasteiger partial charge in [0.2, 0.25) is 23.8 Å². The Kier molecular flexibility index (Phi) is 63.5. The molecular formula is C90H81N23W10-2. The minimum atomic E-state index is 0. The molecule has 33 heteroatoms. The molecule has 0 radical (unpaired) electrons. The summed E-state index contributed by atoms with van der Waals surface area (Å²) in [5, 5.41) is 77.6. The van der Waals surface area contributed by atoms with E-state index in [2.05, 4.69) is 157 Å². The number of benzene rings is 8. The summed E-state index contributed by atoms with van der Waals surface area (Å²) in [6.45, 7) is 29.7. The molecule has 8 aromatic carbocycles. The second kappa shape index (κ2) is 65.2. The van der Waals surface area contributed by atoms with E-state index in [1.165, 1.54) is 12.2 Å². The molecule has 0 bridgehead atoms. The van der Waals surface area contributed by atoms with Gasteiger partial charge in [-0.15, -0.1) is 22.3 Å². The SMILES string of the molecule is C=C(N)/C=C\c1cc(C)c(Nc2ccnc(Nc3ccc(C#N)cc3)n2)c(C)c1.C=CC#N.C=CC=C.Cc1c[c-]cc(C)c1Nc1ccnc(Nc2ccc(C#N)cc2)n1.Cc1c[c-]cc(C)c1Nc1ccnc(Nc2ccc(C#N)cc2)n1.Cc1cc(/C=C\C#N)cc(C)c1Nc1ccnc(Nc2ccc(C#N)cc2)n1.[W].[W].[W].[W].[W].[W].[W].[W].[W].[W]. The normalized spacial score (nSPS) is 9.02. The molecule has 12 rings (SSSR count). The molecule has 4 aromatic heterocycles. The predicted molar refractivity (Wildman–Crippen MR) is 454 cm³/mol. The number of anilines is 16. The Labute approximate surface area is 863 Å². The van der Waals surface area contributed by atoms with Crippen molar-refractivity contribution in [3.63, 3.8) is 0 Å². The molecule has 123 heavy (non-hydrogen) atoms. The second-order valence-electron chi connectivity index (χ2n) is 24.4. The first-order valence-corrected chi connectivity index (χ1v) is 34.8. The van der Waals surface area contributed by atoms with Crippen LogP contribution >= 0.6 is 0 Å². The maximum absolute atomic E-state index is 8.89. The van der Waals surface area contributed by atoms with Gasteiger partial charge >= 0.3 is 0 Å². The van der Waals surface area contributed by atoms with Crippen molar-refractivity contribution in [2.45, 2.75) is 55.4 Å². The molecule has 12 aromatic rings. The van der Waals surface area contributed by atoms with Crippen molar-refractivity contribution in [2.75, 3.05) is 42.5 Å². The molecule has 0 amide bonds. The number of nitriles is 6. The zero-order valence-corrected chi connectivity index (χ0v) is 97.1. The minimum absolute atomic E-state index is 0. The van der Waals surface area contributed by atoms with E-state index < -0.39 is 0 Å². The maximum Gasteiger partial charge on any atom is 0.229 e. The standard InChI is InChI=1S/C23H22N6.C22H18N6.2C19H16N5.C4H6.C3H3N.10W/c1-15-12-19(5-4-17(3)25)13-16(2)22(15)28-21-10-11-26-23(29-21)27-20-8-6-18(14-24)7-9-20;1-15-12-18(4-3-10-23)13-16(2)21(15)27-20-9-11-25-22(28-20)26-19-7-5-17(14-24)6-8-19;2*1-13-4-3-5-14(2)18(13)23-17-10-11-21-19(24-17)22-16-8-6-15(12-20)7-9-16;1-3-4-2;1-2-3-4;;;;;;;;;;/h4-13H,3,25H2,1-2H3,(H2,26,27,28,29);3-9,11-13H,1-2H3,(H2,25,26,27,28);2*4-11H,1-2H3,(H2,21,22,23,24);3-4H,1-2H2;2H,1H2;;;;;;;;;;/q;;2*-1;;;;;;;;;;;;/b5-4-;4-3-;;;;;;;;;;;;;;. The van der Waals surface area contributed by atoms with Gasteiger partial charge in [-0.2, -0.15) is 87.9 Å². The Hall–Kier alpha value is -9.46. The fourth-order valence-electron chi connectivity index (χ4n) is 10.3. The summed E-state index contributed by atoms with van der Waals surface area (Å²) >= 11 is 0. The van der Waals surface area contributed by atoms with Gasteiger partial charge in [-0.25, -0.2) is 19.9 Å². The third-order valence-electron chi connectivity index (χ3n) is 15.7. The first-order chi connectivity index (χ1) is 54.7. The van der Waals surface area contributed by atoms with E-state index in [1.54, 1.807) is 110 Å². The summed E-state index contributed by atoms with van der Waals surface area (Å²) in [4.78, 5) is 35.0. The van der Waals surface area contributed by atoms with Gasteiger partial charge < -0.3 is 48.3 Å². The molecule has 0 spiro atoms. The Morgan fingerprint density at radius 1 is 0.333 bits per heavy atom. The summed E-state index contributed by atoms with van der Waals surface area (Å²) in [7, 11) is 0. The molecule has 618 valence electrons. The van der Waals surface area contributed by atoms with Crippen LogP contribution in [0.4, 0.5) is 92.6 Å². The first kappa shape index (κ1) is 120. The number of aromatic nitrogens is 8. The van der Waals surface area contributed by atoms with Crippen molar-refractivity contribution < 1.29 is 211 Å². The molecule has 23 nitrogen and oxygen atoms in total. The Bertz CT molecular complexity index is 5420. The van der Waals surface area contributed by atoms with Crippen LogP contribution in [0.3, 0.4) is 0 Å². The molecule has 10 N–H and O–H groups in total. The van der Waals surface area contributed by atoms with E-state index in [0.29, 0.717) is 75.0 Å². The summed E-state index contributed by atoms with van der Waals surface area (Å²) < 4.78 is 0. The summed E-state index contributed by atoms with van der Waals surface area (Å²) in [5.41, 5.74) is 26.6. The van der Waals surface area contributed by atoms with Crippen LogP contribution in [0.25, 0.3) is 12.2 Å². The number of rotatable bonds is 20. The van der Waals surface area contributed by atoms with E-state index in [1.807, 2.05) is 171 Å². The van der Waals surface area contributed by atoms with Crippen molar-refractivity contribution in [1.82, 2.24) is 39.9 Å².